The first-order valence-corrected chi connectivity index (χ1v) is 8.06. The Morgan fingerprint density at radius 3 is 2.61 bits per heavy atom. The number of aromatic amines is 1. The standard InChI is InChI=1S/C14H15F3N4OS/c1-8-6-10(20-19-8)13(22)21-4-2-9(3-5-21)12-18-11(7-23-12)14(15,16)17/h6-7,9H,2-5H2,1H3,(H,19,20). The maximum absolute atomic E-state index is 12.6. The van der Waals surface area contributed by atoms with Crippen LogP contribution in [0.2, 0.25) is 0 Å². The van der Waals surface area contributed by atoms with E-state index >= 15 is 0 Å². The van der Waals surface area contributed by atoms with Crippen molar-refractivity contribution in [3.05, 3.63) is 33.5 Å². The van der Waals surface area contributed by atoms with E-state index in [1.807, 2.05) is 6.92 Å². The fourth-order valence-corrected chi connectivity index (χ4v) is 3.62. The van der Waals surface area contributed by atoms with Gasteiger partial charge in [0.1, 0.15) is 5.69 Å². The van der Waals surface area contributed by atoms with Crippen LogP contribution in [-0.2, 0) is 6.18 Å². The van der Waals surface area contributed by atoms with E-state index in [1.165, 1.54) is 0 Å². The highest BCUT2D eigenvalue weighted by Gasteiger charge is 2.35. The number of aromatic nitrogens is 3. The number of rotatable bonds is 2. The molecule has 3 heterocycles. The van der Waals surface area contributed by atoms with Gasteiger partial charge in [0.05, 0.1) is 5.01 Å². The molecule has 9 heteroatoms. The lowest BCUT2D eigenvalue weighted by molar-refractivity contribution is -0.140. The Bertz CT molecular complexity index is 701. The molecule has 0 aliphatic carbocycles. The lowest BCUT2D eigenvalue weighted by Crippen LogP contribution is -2.38. The molecule has 1 N–H and O–H groups in total. The molecule has 1 saturated heterocycles. The predicted molar refractivity (Wildman–Crippen MR) is 78.3 cm³/mol. The topological polar surface area (TPSA) is 61.9 Å². The highest BCUT2D eigenvalue weighted by atomic mass is 32.1. The van der Waals surface area contributed by atoms with Gasteiger partial charge in [-0.05, 0) is 25.8 Å². The van der Waals surface area contributed by atoms with Gasteiger partial charge in [0.2, 0.25) is 0 Å². The minimum atomic E-state index is -4.40. The first kappa shape index (κ1) is 16.0. The number of hydrogen-bond donors (Lipinski definition) is 1. The van der Waals surface area contributed by atoms with Gasteiger partial charge in [-0.15, -0.1) is 11.3 Å². The largest absolute Gasteiger partial charge is 0.434 e. The molecule has 2 aromatic heterocycles. The van der Waals surface area contributed by atoms with E-state index in [0.717, 1.165) is 22.4 Å². The average molecular weight is 344 g/mol. The average Bonchev–Trinajstić information content (AvgIpc) is 3.15. The number of H-pyrrole nitrogens is 1. The SMILES string of the molecule is Cc1cc(C(=O)N2CCC(c3nc(C(F)(F)F)cs3)CC2)n[nH]1. The Kier molecular flexibility index (Phi) is 4.13. The molecule has 3 rings (SSSR count). The van der Waals surface area contributed by atoms with E-state index in [9.17, 15) is 18.0 Å². The number of likely N-dealkylation sites (tertiary alicyclic amines) is 1. The van der Waals surface area contributed by atoms with Crippen molar-refractivity contribution in [3.8, 4) is 0 Å². The van der Waals surface area contributed by atoms with Crippen LogP contribution in [0.3, 0.4) is 0 Å². The van der Waals surface area contributed by atoms with Crippen molar-refractivity contribution >= 4 is 17.2 Å². The van der Waals surface area contributed by atoms with E-state index in [-0.39, 0.29) is 11.8 Å². The Morgan fingerprint density at radius 2 is 2.09 bits per heavy atom. The summed E-state index contributed by atoms with van der Waals surface area (Å²) in [6, 6.07) is 1.69. The van der Waals surface area contributed by atoms with Gasteiger partial charge in [-0.1, -0.05) is 0 Å². The maximum Gasteiger partial charge on any atom is 0.434 e. The molecule has 23 heavy (non-hydrogen) atoms. The molecule has 1 aliphatic heterocycles. The van der Waals surface area contributed by atoms with Gasteiger partial charge in [0, 0.05) is 30.1 Å². The zero-order chi connectivity index (χ0) is 16.6. The quantitative estimate of drug-likeness (QED) is 0.910. The minimum Gasteiger partial charge on any atom is -0.337 e. The number of amides is 1. The number of halogens is 3. The summed E-state index contributed by atoms with van der Waals surface area (Å²) in [5.41, 5.74) is 0.350. The van der Waals surface area contributed by atoms with Gasteiger partial charge in [-0.25, -0.2) is 4.98 Å². The summed E-state index contributed by atoms with van der Waals surface area (Å²) in [5, 5.41) is 8.23. The molecule has 0 atom stereocenters. The molecule has 1 fully saturated rings. The monoisotopic (exact) mass is 344 g/mol. The van der Waals surface area contributed by atoms with Gasteiger partial charge in [-0.3, -0.25) is 9.89 Å². The zero-order valence-electron chi connectivity index (χ0n) is 12.4. The van der Waals surface area contributed by atoms with Gasteiger partial charge in [0.25, 0.3) is 5.91 Å². The van der Waals surface area contributed by atoms with Crippen LogP contribution in [0.1, 0.15) is 45.6 Å². The molecule has 2 aromatic rings. The van der Waals surface area contributed by atoms with Crippen LogP contribution >= 0.6 is 11.3 Å². The van der Waals surface area contributed by atoms with Crippen molar-refractivity contribution in [1.82, 2.24) is 20.1 Å². The van der Waals surface area contributed by atoms with Crippen LogP contribution < -0.4 is 0 Å². The first-order chi connectivity index (χ1) is 10.8. The summed E-state index contributed by atoms with van der Waals surface area (Å²) in [6.07, 6.45) is -3.18. The molecule has 0 aromatic carbocycles. The number of thiazole rings is 1. The van der Waals surface area contributed by atoms with Gasteiger partial charge < -0.3 is 4.90 Å². The second kappa shape index (κ2) is 5.95. The Morgan fingerprint density at radius 1 is 1.39 bits per heavy atom. The summed E-state index contributed by atoms with van der Waals surface area (Å²) in [7, 11) is 0. The smallest absolute Gasteiger partial charge is 0.337 e. The van der Waals surface area contributed by atoms with Crippen molar-refractivity contribution < 1.29 is 18.0 Å². The molecular formula is C14H15F3N4OS. The van der Waals surface area contributed by atoms with Gasteiger partial charge in [0.15, 0.2) is 5.69 Å². The van der Waals surface area contributed by atoms with Crippen molar-refractivity contribution in [2.24, 2.45) is 0 Å². The second-order valence-corrected chi connectivity index (χ2v) is 6.46. The van der Waals surface area contributed by atoms with E-state index in [4.69, 9.17) is 0 Å². The highest BCUT2D eigenvalue weighted by Crippen LogP contribution is 2.35. The van der Waals surface area contributed by atoms with E-state index in [1.54, 1.807) is 11.0 Å². The summed E-state index contributed by atoms with van der Waals surface area (Å²) in [4.78, 5) is 17.7. The van der Waals surface area contributed by atoms with Crippen LogP contribution in [0.15, 0.2) is 11.4 Å². The maximum atomic E-state index is 12.6. The Hall–Kier alpha value is -1.90. The zero-order valence-corrected chi connectivity index (χ0v) is 13.2. The van der Waals surface area contributed by atoms with Crippen molar-refractivity contribution in [2.45, 2.75) is 31.9 Å². The van der Waals surface area contributed by atoms with E-state index in [2.05, 4.69) is 15.2 Å². The molecule has 1 aliphatic rings. The summed E-state index contributed by atoms with van der Waals surface area (Å²) >= 11 is 1.04. The van der Waals surface area contributed by atoms with Crippen molar-refractivity contribution in [3.63, 3.8) is 0 Å². The lowest BCUT2D eigenvalue weighted by Gasteiger charge is -2.30. The molecule has 0 bridgehead atoms. The number of hydrogen-bond acceptors (Lipinski definition) is 4. The third kappa shape index (κ3) is 3.39. The Balaban J connectivity index is 1.62. The highest BCUT2D eigenvalue weighted by molar-refractivity contribution is 7.09. The van der Waals surface area contributed by atoms with Crippen LogP contribution in [0.5, 0.6) is 0 Å². The van der Waals surface area contributed by atoms with Crippen molar-refractivity contribution in [2.75, 3.05) is 13.1 Å². The fraction of sp³-hybridized carbons (Fsp3) is 0.500. The number of nitrogens with zero attached hydrogens (tertiary/aromatic N) is 3. The number of piperidine rings is 1. The third-order valence-electron chi connectivity index (χ3n) is 3.87. The second-order valence-electron chi connectivity index (χ2n) is 5.57. The van der Waals surface area contributed by atoms with Crippen LogP contribution in [0.4, 0.5) is 13.2 Å². The summed E-state index contributed by atoms with van der Waals surface area (Å²) in [6.45, 7) is 2.81. The van der Waals surface area contributed by atoms with Gasteiger partial charge in [-0.2, -0.15) is 18.3 Å². The molecule has 1 amide bonds. The molecule has 0 radical (unpaired) electrons. The van der Waals surface area contributed by atoms with E-state index in [0.29, 0.717) is 36.6 Å². The first-order valence-electron chi connectivity index (χ1n) is 7.18. The number of nitrogens with one attached hydrogen (secondary N) is 1. The van der Waals surface area contributed by atoms with Crippen LogP contribution in [0.25, 0.3) is 0 Å². The number of carbonyl (C=O) groups is 1. The Labute approximate surface area is 134 Å². The summed E-state index contributed by atoms with van der Waals surface area (Å²) < 4.78 is 37.8. The van der Waals surface area contributed by atoms with Gasteiger partial charge >= 0.3 is 6.18 Å². The van der Waals surface area contributed by atoms with Crippen molar-refractivity contribution in [1.29, 1.82) is 0 Å². The molecule has 0 spiro atoms. The number of aryl methyl sites for hydroxylation is 1. The fourth-order valence-electron chi connectivity index (χ4n) is 2.62. The lowest BCUT2D eigenvalue weighted by atomic mass is 9.97. The number of alkyl halides is 3. The summed E-state index contributed by atoms with van der Waals surface area (Å²) in [5.74, 6) is -0.177. The number of carbonyl (C=O) groups excluding carboxylic acids is 1. The minimum absolute atomic E-state index is 0.0268. The van der Waals surface area contributed by atoms with E-state index < -0.39 is 11.9 Å². The molecule has 0 saturated carbocycles. The molecule has 0 unspecified atom stereocenters. The molecule has 124 valence electrons. The third-order valence-corrected chi connectivity index (χ3v) is 4.88. The molecular weight excluding hydrogens is 329 g/mol. The van der Waals surface area contributed by atoms with Crippen LogP contribution in [-0.4, -0.2) is 39.1 Å². The van der Waals surface area contributed by atoms with Crippen LogP contribution in [0, 0.1) is 6.92 Å². The normalized spacial score (nSPS) is 16.8. The predicted octanol–water partition coefficient (Wildman–Crippen LogP) is 3.21. The molecule has 5 nitrogen and oxygen atoms in total.